The first-order chi connectivity index (χ1) is 9.79. The zero-order valence-electron chi connectivity index (χ0n) is 12.9. The summed E-state index contributed by atoms with van der Waals surface area (Å²) in [5.74, 6) is -0.967. The summed E-state index contributed by atoms with van der Waals surface area (Å²) in [6.07, 6.45) is 2.03. The molecule has 6 heteroatoms. The lowest BCUT2D eigenvalue weighted by Gasteiger charge is -2.18. The van der Waals surface area contributed by atoms with Gasteiger partial charge in [0.25, 0.3) is 0 Å². The van der Waals surface area contributed by atoms with E-state index < -0.39 is 14.0 Å². The first kappa shape index (κ1) is 16.0. The number of carboxylic acids is 1. The van der Waals surface area contributed by atoms with Crippen LogP contribution in [0.25, 0.3) is 0 Å². The fourth-order valence-electron chi connectivity index (χ4n) is 2.51. The van der Waals surface area contributed by atoms with Crippen LogP contribution in [-0.2, 0) is 17.9 Å². The number of ether oxygens (including phenoxy) is 1. The smallest absolute Gasteiger partial charge is 0.352 e. The summed E-state index contributed by atoms with van der Waals surface area (Å²) in [4.78, 5) is 23.3. The van der Waals surface area contributed by atoms with E-state index in [1.165, 1.54) is 6.07 Å². The number of Topliss-reactive ketones (excluding diaryl/α,β-unsaturated/α-hetero) is 1. The van der Waals surface area contributed by atoms with Crippen molar-refractivity contribution in [3.8, 4) is 0 Å². The third kappa shape index (κ3) is 3.82. The van der Waals surface area contributed by atoms with Gasteiger partial charge in [0.1, 0.15) is 12.4 Å². The normalized spacial score (nSPS) is 15.1. The summed E-state index contributed by atoms with van der Waals surface area (Å²) in [5, 5.41) is 9.31. The maximum absolute atomic E-state index is 11.9. The lowest BCUT2D eigenvalue weighted by Crippen LogP contribution is -2.23. The van der Waals surface area contributed by atoms with Crippen molar-refractivity contribution in [2.75, 3.05) is 6.61 Å². The molecule has 0 saturated carbocycles. The minimum absolute atomic E-state index is 0.0413. The molecule has 1 N–H and O–H groups in total. The lowest BCUT2D eigenvalue weighted by atomic mass is 9.97. The van der Waals surface area contributed by atoms with Crippen molar-refractivity contribution in [1.29, 1.82) is 0 Å². The average Bonchev–Trinajstić information content (AvgIpc) is 2.74. The highest BCUT2D eigenvalue weighted by Gasteiger charge is 2.26. The van der Waals surface area contributed by atoms with Gasteiger partial charge in [-0.25, -0.2) is 4.79 Å². The van der Waals surface area contributed by atoms with Crippen molar-refractivity contribution in [2.24, 2.45) is 0 Å². The molecule has 5 nitrogen and oxygen atoms in total. The van der Waals surface area contributed by atoms with Gasteiger partial charge in [-0.1, -0.05) is 19.6 Å². The van der Waals surface area contributed by atoms with Crippen molar-refractivity contribution in [1.82, 2.24) is 4.57 Å². The average molecular weight is 309 g/mol. The predicted molar refractivity (Wildman–Crippen MR) is 82.8 cm³/mol. The van der Waals surface area contributed by atoms with Gasteiger partial charge < -0.3 is 14.4 Å². The number of rotatable bonds is 6. The van der Waals surface area contributed by atoms with Crippen LogP contribution in [0.4, 0.5) is 0 Å². The third-order valence-corrected chi connectivity index (χ3v) is 5.47. The Bertz CT molecular complexity index is 557. The van der Waals surface area contributed by atoms with Gasteiger partial charge in [0, 0.05) is 32.4 Å². The van der Waals surface area contributed by atoms with E-state index in [0.29, 0.717) is 18.6 Å². The lowest BCUT2D eigenvalue weighted by molar-refractivity contribution is 0.0615. The number of carbonyl (C=O) groups is 2. The molecule has 1 heterocycles. The fraction of sp³-hybridized carbons (Fsp3) is 0.600. The standard InChI is InChI=1S/C15H23NO4Si/c1-21(2,3)8-7-20-10-16-12-5-4-6-14(17)11(12)9-13(16)15(18)19/h9H,4-8,10H2,1-3H3,(H,18,19). The molecule has 1 aliphatic carbocycles. The van der Waals surface area contributed by atoms with Crippen molar-refractivity contribution in [3.63, 3.8) is 0 Å². The fourth-order valence-corrected chi connectivity index (χ4v) is 3.27. The van der Waals surface area contributed by atoms with Crippen molar-refractivity contribution < 1.29 is 19.4 Å². The summed E-state index contributed by atoms with van der Waals surface area (Å²) >= 11 is 0. The number of fused-ring (bicyclic) bond motifs is 1. The van der Waals surface area contributed by atoms with Crippen LogP contribution in [0.15, 0.2) is 6.07 Å². The van der Waals surface area contributed by atoms with E-state index in [1.807, 2.05) is 0 Å². The molecule has 21 heavy (non-hydrogen) atoms. The molecule has 1 aromatic rings. The molecule has 0 atom stereocenters. The summed E-state index contributed by atoms with van der Waals surface area (Å²) in [5.41, 5.74) is 1.53. The van der Waals surface area contributed by atoms with Crippen LogP contribution < -0.4 is 0 Å². The molecule has 1 aliphatic rings. The van der Waals surface area contributed by atoms with E-state index in [-0.39, 0.29) is 18.2 Å². The molecule has 0 fully saturated rings. The van der Waals surface area contributed by atoms with E-state index in [2.05, 4.69) is 19.6 Å². The van der Waals surface area contributed by atoms with Gasteiger partial charge in [-0.2, -0.15) is 0 Å². The Hall–Kier alpha value is -1.40. The number of nitrogens with zero attached hydrogens (tertiary/aromatic N) is 1. The number of hydrogen-bond acceptors (Lipinski definition) is 3. The van der Waals surface area contributed by atoms with E-state index in [9.17, 15) is 14.7 Å². The summed E-state index contributed by atoms with van der Waals surface area (Å²) < 4.78 is 7.32. The van der Waals surface area contributed by atoms with Crippen LogP contribution in [-0.4, -0.2) is 36.1 Å². The SMILES string of the molecule is C[Si](C)(C)CCOCn1c(C(=O)O)cc2c1CCCC2=O. The summed E-state index contributed by atoms with van der Waals surface area (Å²) in [7, 11) is -1.16. The second-order valence-electron chi connectivity index (χ2n) is 6.75. The van der Waals surface area contributed by atoms with Gasteiger partial charge in [0.05, 0.1) is 0 Å². The minimum Gasteiger partial charge on any atom is -0.477 e. The molecule has 0 radical (unpaired) electrons. The van der Waals surface area contributed by atoms with Crippen LogP contribution in [0.5, 0.6) is 0 Å². The Morgan fingerprint density at radius 1 is 1.38 bits per heavy atom. The Morgan fingerprint density at radius 2 is 2.10 bits per heavy atom. The number of aromatic carboxylic acids is 1. The van der Waals surface area contributed by atoms with Gasteiger partial charge in [-0.05, 0) is 25.0 Å². The Morgan fingerprint density at radius 3 is 2.71 bits per heavy atom. The van der Waals surface area contributed by atoms with Crippen molar-refractivity contribution in [3.05, 3.63) is 23.0 Å². The largest absolute Gasteiger partial charge is 0.477 e. The first-order valence-corrected chi connectivity index (χ1v) is 11.1. The Balaban J connectivity index is 2.14. The molecule has 0 aromatic carbocycles. The molecule has 2 rings (SSSR count). The van der Waals surface area contributed by atoms with Crippen molar-refractivity contribution >= 4 is 19.8 Å². The van der Waals surface area contributed by atoms with Gasteiger partial charge >= 0.3 is 5.97 Å². The van der Waals surface area contributed by atoms with Crippen LogP contribution in [0.1, 0.15) is 39.4 Å². The molecule has 1 aromatic heterocycles. The second-order valence-corrected chi connectivity index (χ2v) is 12.4. The van der Waals surface area contributed by atoms with Gasteiger partial charge in [0.15, 0.2) is 5.78 Å². The van der Waals surface area contributed by atoms with Gasteiger partial charge in [0.2, 0.25) is 0 Å². The number of hydrogen-bond donors (Lipinski definition) is 1. The molecular formula is C15H23NO4Si. The number of aromatic nitrogens is 1. The topological polar surface area (TPSA) is 68.5 Å². The number of carbonyl (C=O) groups excluding carboxylic acids is 1. The third-order valence-electron chi connectivity index (χ3n) is 3.76. The van der Waals surface area contributed by atoms with Crippen LogP contribution in [0, 0.1) is 0 Å². The maximum Gasteiger partial charge on any atom is 0.352 e. The zero-order chi connectivity index (χ0) is 15.6. The molecule has 0 unspecified atom stereocenters. The van der Waals surface area contributed by atoms with E-state index in [0.717, 1.165) is 24.6 Å². The van der Waals surface area contributed by atoms with Gasteiger partial charge in [-0.15, -0.1) is 0 Å². The monoisotopic (exact) mass is 309 g/mol. The molecule has 116 valence electrons. The Labute approximate surface area is 125 Å². The van der Waals surface area contributed by atoms with E-state index >= 15 is 0 Å². The quantitative estimate of drug-likeness (QED) is 0.648. The highest BCUT2D eigenvalue weighted by atomic mass is 28.3. The van der Waals surface area contributed by atoms with Crippen molar-refractivity contribution in [2.45, 2.75) is 51.7 Å². The molecule has 0 aliphatic heterocycles. The first-order valence-electron chi connectivity index (χ1n) is 7.36. The highest BCUT2D eigenvalue weighted by molar-refractivity contribution is 6.76. The summed E-state index contributed by atoms with van der Waals surface area (Å²) in [6, 6.07) is 2.54. The molecule has 0 bridgehead atoms. The highest BCUT2D eigenvalue weighted by Crippen LogP contribution is 2.25. The summed E-state index contributed by atoms with van der Waals surface area (Å²) in [6.45, 7) is 7.67. The molecule has 0 spiro atoms. The molecule has 0 amide bonds. The Kier molecular flexibility index (Phi) is 4.68. The van der Waals surface area contributed by atoms with E-state index in [1.54, 1.807) is 4.57 Å². The molecular weight excluding hydrogens is 286 g/mol. The maximum atomic E-state index is 11.9. The van der Waals surface area contributed by atoms with Crippen LogP contribution in [0.2, 0.25) is 25.7 Å². The molecule has 0 saturated heterocycles. The predicted octanol–water partition coefficient (Wildman–Crippen LogP) is 3.02. The zero-order valence-corrected chi connectivity index (χ0v) is 13.9. The van der Waals surface area contributed by atoms with E-state index in [4.69, 9.17) is 4.74 Å². The number of ketones is 1. The number of carboxylic acid groups (broad SMARTS) is 1. The minimum atomic E-state index is -1.16. The second kappa shape index (κ2) is 6.15. The van der Waals surface area contributed by atoms with Crippen LogP contribution >= 0.6 is 0 Å². The van der Waals surface area contributed by atoms with Gasteiger partial charge in [-0.3, -0.25) is 4.79 Å². The van der Waals surface area contributed by atoms with Crippen LogP contribution in [0.3, 0.4) is 0 Å².